The molecule has 0 bridgehead atoms. The Balaban J connectivity index is 1.92. The van der Waals surface area contributed by atoms with E-state index in [1.54, 1.807) is 24.3 Å². The van der Waals surface area contributed by atoms with E-state index in [0.29, 0.717) is 23.7 Å². The Kier molecular flexibility index (Phi) is 6.35. The number of para-hydroxylation sites is 1. The van der Waals surface area contributed by atoms with Gasteiger partial charge in [0.2, 0.25) is 5.78 Å². The van der Waals surface area contributed by atoms with Crippen LogP contribution in [0.5, 0.6) is 0 Å². The van der Waals surface area contributed by atoms with Gasteiger partial charge in [-0.25, -0.2) is 4.79 Å². The highest BCUT2D eigenvalue weighted by atomic mass is 16.4. The van der Waals surface area contributed by atoms with Crippen LogP contribution in [0, 0.1) is 0 Å². The number of Topliss-reactive ketones (excluding diaryl/α,β-unsaturated/α-hetero) is 1. The Bertz CT molecular complexity index is 844. The Morgan fingerprint density at radius 2 is 1.76 bits per heavy atom. The molecule has 7 N–H and O–H groups in total. The van der Waals surface area contributed by atoms with Crippen molar-refractivity contribution < 1.29 is 35.1 Å². The lowest BCUT2D eigenvalue weighted by Crippen LogP contribution is -2.70. The number of carboxylic acid groups (broad SMARTS) is 1. The van der Waals surface area contributed by atoms with Gasteiger partial charge < -0.3 is 30.5 Å². The second-order valence-corrected chi connectivity index (χ2v) is 7.57. The van der Waals surface area contributed by atoms with Gasteiger partial charge in [0.05, 0.1) is 5.69 Å². The fourth-order valence-corrected chi connectivity index (χ4v) is 3.83. The molecule has 1 aliphatic carbocycles. The van der Waals surface area contributed by atoms with E-state index in [9.17, 15) is 30.0 Å². The molecule has 1 heterocycles. The summed E-state index contributed by atoms with van der Waals surface area (Å²) in [6.07, 6.45) is -3.05. The van der Waals surface area contributed by atoms with Crippen LogP contribution >= 0.6 is 0 Å². The molecule has 158 valence electrons. The maximum Gasteiger partial charge on any atom is 0.335 e. The summed E-state index contributed by atoms with van der Waals surface area (Å²) in [4.78, 5) is 26.8. The van der Waals surface area contributed by atoms with Gasteiger partial charge in [-0.15, -0.1) is 0 Å². The Labute approximate surface area is 167 Å². The van der Waals surface area contributed by atoms with Crippen molar-refractivity contribution in [2.24, 2.45) is 0 Å². The lowest BCUT2D eigenvalue weighted by Gasteiger charge is -2.41. The number of H-pyrrole nitrogens is 1. The number of nitrogens with one attached hydrogen (secondary N) is 2. The first-order valence-electron chi connectivity index (χ1n) is 9.63. The van der Waals surface area contributed by atoms with Crippen LogP contribution in [0.3, 0.4) is 0 Å². The molecule has 9 heteroatoms. The summed E-state index contributed by atoms with van der Waals surface area (Å²) in [7, 11) is 0. The minimum absolute atomic E-state index is 0.0143. The molecule has 1 saturated carbocycles. The molecular formula is C20H26N2O7. The Morgan fingerprint density at radius 3 is 2.38 bits per heavy atom. The van der Waals surface area contributed by atoms with Crippen LogP contribution in [0.25, 0.3) is 10.9 Å². The summed E-state index contributed by atoms with van der Waals surface area (Å²) in [6.45, 7) is 0. The minimum atomic E-state index is -2.76. The number of rotatable bonds is 8. The van der Waals surface area contributed by atoms with E-state index in [2.05, 4.69) is 10.3 Å². The average Bonchev–Trinajstić information content (AvgIpc) is 3.16. The van der Waals surface area contributed by atoms with E-state index in [1.165, 1.54) is 6.07 Å². The summed E-state index contributed by atoms with van der Waals surface area (Å²) in [6, 6.07) is 8.15. The van der Waals surface area contributed by atoms with Crippen molar-refractivity contribution in [3.05, 3.63) is 36.0 Å². The summed E-state index contributed by atoms with van der Waals surface area (Å²) in [5, 5.41) is 54.3. The van der Waals surface area contributed by atoms with Gasteiger partial charge in [0, 0.05) is 16.9 Å². The molecule has 29 heavy (non-hydrogen) atoms. The molecule has 1 fully saturated rings. The molecule has 0 aliphatic heterocycles. The van der Waals surface area contributed by atoms with Gasteiger partial charge in [-0.3, -0.25) is 10.1 Å². The van der Waals surface area contributed by atoms with Crippen molar-refractivity contribution in [3.63, 3.8) is 0 Å². The van der Waals surface area contributed by atoms with Crippen LogP contribution in [-0.4, -0.2) is 72.3 Å². The third kappa shape index (κ3) is 4.34. The topological polar surface area (TPSA) is 163 Å². The number of hydrogen-bond acceptors (Lipinski definition) is 7. The Morgan fingerprint density at radius 1 is 1.10 bits per heavy atom. The molecule has 9 nitrogen and oxygen atoms in total. The van der Waals surface area contributed by atoms with Crippen LogP contribution in [0.1, 0.15) is 42.6 Å². The number of fused-ring (bicyclic) bond motifs is 1. The van der Waals surface area contributed by atoms with E-state index in [4.69, 9.17) is 5.11 Å². The molecule has 0 saturated heterocycles. The molecule has 0 spiro atoms. The largest absolute Gasteiger partial charge is 0.479 e. The molecule has 2 aromatic rings. The SMILES string of the molecule is O=C(O)[C@@H](O)[C@@H](O)[C@@](O)(NC1CCCCC1)[C@@H](O)C(=O)c1cc2ccccc2[nH]1. The highest BCUT2D eigenvalue weighted by Gasteiger charge is 2.52. The quantitative estimate of drug-likeness (QED) is 0.240. The first-order valence-corrected chi connectivity index (χ1v) is 9.63. The van der Waals surface area contributed by atoms with Crippen LogP contribution < -0.4 is 5.32 Å². The normalized spacial score (nSPS) is 20.7. The monoisotopic (exact) mass is 406 g/mol. The molecular weight excluding hydrogens is 380 g/mol. The number of carboxylic acids is 1. The maximum atomic E-state index is 12.9. The zero-order chi connectivity index (χ0) is 21.2. The van der Waals surface area contributed by atoms with Crippen molar-refractivity contribution in [2.45, 2.75) is 62.2 Å². The summed E-state index contributed by atoms with van der Waals surface area (Å²) in [5.41, 5.74) is -2.13. The van der Waals surface area contributed by atoms with Crippen molar-refractivity contribution in [3.8, 4) is 0 Å². The number of aromatic nitrogens is 1. The molecule has 3 rings (SSSR count). The third-order valence-electron chi connectivity index (χ3n) is 5.50. The molecule has 0 amide bonds. The zero-order valence-corrected chi connectivity index (χ0v) is 15.8. The first-order chi connectivity index (χ1) is 13.7. The molecule has 1 aromatic heterocycles. The number of carbonyl (C=O) groups excluding carboxylic acids is 1. The number of aliphatic hydroxyl groups is 4. The van der Waals surface area contributed by atoms with Crippen LogP contribution in [-0.2, 0) is 4.79 Å². The standard InChI is InChI=1S/C20H26N2O7/c23-15(14-10-11-6-4-5-9-13(11)21-14)17(25)20(29,18(26)16(24)19(27)28)22-12-7-2-1-3-8-12/h4-6,9-10,12,16-18,21-22,24-26,29H,1-3,7-8H2,(H,27,28)/t16-,17-,18+,20+/m0/s1. The van der Waals surface area contributed by atoms with Crippen molar-refractivity contribution in [2.75, 3.05) is 0 Å². The van der Waals surface area contributed by atoms with Gasteiger partial charge in [-0.2, -0.15) is 0 Å². The fourth-order valence-electron chi connectivity index (χ4n) is 3.83. The fraction of sp³-hybridized carbons (Fsp3) is 0.500. The summed E-state index contributed by atoms with van der Waals surface area (Å²) in [5.74, 6) is -2.73. The first kappa shape index (κ1) is 21.4. The van der Waals surface area contributed by atoms with Crippen molar-refractivity contribution in [1.82, 2.24) is 10.3 Å². The van der Waals surface area contributed by atoms with Crippen molar-refractivity contribution >= 4 is 22.7 Å². The number of aromatic amines is 1. The zero-order valence-electron chi connectivity index (χ0n) is 15.8. The average molecular weight is 406 g/mol. The van der Waals surface area contributed by atoms with Crippen molar-refractivity contribution in [1.29, 1.82) is 0 Å². The highest BCUT2D eigenvalue weighted by molar-refractivity contribution is 6.02. The smallest absolute Gasteiger partial charge is 0.335 e. The van der Waals surface area contributed by atoms with Gasteiger partial charge in [-0.1, -0.05) is 37.5 Å². The summed E-state index contributed by atoms with van der Waals surface area (Å²) < 4.78 is 0. The van der Waals surface area contributed by atoms with E-state index < -0.39 is 35.8 Å². The number of carbonyl (C=O) groups is 2. The van der Waals surface area contributed by atoms with E-state index in [1.807, 2.05) is 0 Å². The van der Waals surface area contributed by atoms with Crippen LogP contribution in [0.4, 0.5) is 0 Å². The number of hydrogen-bond donors (Lipinski definition) is 7. The highest BCUT2D eigenvalue weighted by Crippen LogP contribution is 2.26. The number of aliphatic carboxylic acids is 1. The predicted octanol–water partition coefficient (Wildman–Crippen LogP) is 0.129. The van der Waals surface area contributed by atoms with E-state index in [-0.39, 0.29) is 11.7 Å². The second-order valence-electron chi connectivity index (χ2n) is 7.57. The molecule has 0 unspecified atom stereocenters. The van der Waals surface area contributed by atoms with Gasteiger partial charge in [0.25, 0.3) is 0 Å². The van der Waals surface area contributed by atoms with Gasteiger partial charge >= 0.3 is 5.97 Å². The predicted molar refractivity (Wildman–Crippen MR) is 103 cm³/mol. The summed E-state index contributed by atoms with van der Waals surface area (Å²) >= 11 is 0. The third-order valence-corrected chi connectivity index (χ3v) is 5.50. The van der Waals surface area contributed by atoms with Gasteiger partial charge in [0.1, 0.15) is 6.10 Å². The minimum Gasteiger partial charge on any atom is -0.479 e. The molecule has 4 atom stereocenters. The van der Waals surface area contributed by atoms with Crippen LogP contribution in [0.15, 0.2) is 30.3 Å². The number of benzene rings is 1. The van der Waals surface area contributed by atoms with Gasteiger partial charge in [0.15, 0.2) is 17.9 Å². The van der Waals surface area contributed by atoms with E-state index in [0.717, 1.165) is 19.3 Å². The number of ketones is 1. The number of aliphatic hydroxyl groups excluding tert-OH is 3. The van der Waals surface area contributed by atoms with Crippen LogP contribution in [0.2, 0.25) is 0 Å². The van der Waals surface area contributed by atoms with E-state index >= 15 is 0 Å². The lowest BCUT2D eigenvalue weighted by atomic mass is 9.88. The van der Waals surface area contributed by atoms with Gasteiger partial charge in [-0.05, 0) is 25.0 Å². The second kappa shape index (κ2) is 8.60. The molecule has 0 radical (unpaired) electrons. The Hall–Kier alpha value is -2.30. The lowest BCUT2D eigenvalue weighted by molar-refractivity contribution is -0.197. The molecule has 1 aliphatic rings. The maximum absolute atomic E-state index is 12.9. The molecule has 1 aromatic carbocycles.